The Labute approximate surface area is 130 Å². The number of urea groups is 1. The van der Waals surface area contributed by atoms with E-state index in [1.165, 1.54) is 0 Å². The van der Waals surface area contributed by atoms with Gasteiger partial charge in [0.2, 0.25) is 0 Å². The average Bonchev–Trinajstić information content (AvgIpc) is 2.70. The van der Waals surface area contributed by atoms with Crippen LogP contribution in [0.5, 0.6) is 0 Å². The van der Waals surface area contributed by atoms with Crippen LogP contribution in [0, 0.1) is 5.92 Å². The van der Waals surface area contributed by atoms with E-state index in [0.29, 0.717) is 17.9 Å². The second-order valence-corrected chi connectivity index (χ2v) is 6.38. The Balaban J connectivity index is 2.07. The highest BCUT2D eigenvalue weighted by Crippen LogP contribution is 2.24. The highest BCUT2D eigenvalue weighted by Gasteiger charge is 2.47. The predicted octanol–water partition coefficient (Wildman–Crippen LogP) is 2.62. The number of rotatable bonds is 6. The van der Waals surface area contributed by atoms with E-state index in [2.05, 4.69) is 19.2 Å². The lowest BCUT2D eigenvalue weighted by Crippen LogP contribution is -2.44. The lowest BCUT2D eigenvalue weighted by Gasteiger charge is -2.22. The van der Waals surface area contributed by atoms with Crippen LogP contribution in [0.15, 0.2) is 30.3 Å². The molecule has 0 radical (unpaired) electrons. The minimum atomic E-state index is -0.904. The molecule has 22 heavy (non-hydrogen) atoms. The quantitative estimate of drug-likeness (QED) is 0.649. The van der Waals surface area contributed by atoms with Crippen molar-refractivity contribution in [3.8, 4) is 0 Å². The van der Waals surface area contributed by atoms with E-state index in [1.807, 2.05) is 6.07 Å². The number of amides is 3. The topological polar surface area (TPSA) is 66.5 Å². The van der Waals surface area contributed by atoms with E-state index in [9.17, 15) is 14.4 Å². The maximum Gasteiger partial charge on any atom is 0.325 e. The second kappa shape index (κ2) is 6.30. The van der Waals surface area contributed by atoms with Crippen LogP contribution < -0.4 is 5.32 Å². The normalized spacial score (nSPS) is 21.4. The number of nitrogens with zero attached hydrogens (tertiary/aromatic N) is 1. The summed E-state index contributed by atoms with van der Waals surface area (Å²) in [6.45, 7) is 5.65. The van der Waals surface area contributed by atoms with Crippen LogP contribution in [0.2, 0.25) is 0 Å². The molecule has 1 atom stereocenters. The molecule has 1 saturated heterocycles. The van der Waals surface area contributed by atoms with Crippen LogP contribution in [0.4, 0.5) is 4.79 Å². The van der Waals surface area contributed by atoms with Crippen molar-refractivity contribution in [2.24, 2.45) is 5.92 Å². The van der Waals surface area contributed by atoms with Gasteiger partial charge in [0.15, 0.2) is 5.78 Å². The van der Waals surface area contributed by atoms with Crippen molar-refractivity contribution in [2.75, 3.05) is 6.54 Å². The summed E-state index contributed by atoms with van der Waals surface area (Å²) in [6.07, 6.45) is 1.41. The third-order valence-corrected chi connectivity index (χ3v) is 3.96. The van der Waals surface area contributed by atoms with Gasteiger partial charge in [0.05, 0.1) is 6.54 Å². The summed E-state index contributed by atoms with van der Waals surface area (Å²) in [5.74, 6) is -0.110. The lowest BCUT2D eigenvalue weighted by molar-refractivity contribution is -0.130. The number of carbonyl (C=O) groups excluding carboxylic acids is 3. The number of hydrogen-bond donors (Lipinski definition) is 1. The Hall–Kier alpha value is -2.17. The van der Waals surface area contributed by atoms with Gasteiger partial charge in [-0.1, -0.05) is 44.2 Å². The molecule has 0 aromatic heterocycles. The van der Waals surface area contributed by atoms with Crippen LogP contribution in [-0.2, 0) is 4.79 Å². The molecule has 1 aliphatic heterocycles. The van der Waals surface area contributed by atoms with Crippen LogP contribution in [-0.4, -0.2) is 34.7 Å². The fraction of sp³-hybridized carbons (Fsp3) is 0.471. The largest absolute Gasteiger partial charge is 0.325 e. The van der Waals surface area contributed by atoms with Gasteiger partial charge in [-0.25, -0.2) is 4.79 Å². The summed E-state index contributed by atoms with van der Waals surface area (Å²) < 4.78 is 0. The van der Waals surface area contributed by atoms with E-state index in [0.717, 1.165) is 11.3 Å². The molecule has 0 unspecified atom stereocenters. The molecular formula is C17H22N2O3. The summed E-state index contributed by atoms with van der Waals surface area (Å²) in [7, 11) is 0. The van der Waals surface area contributed by atoms with Crippen molar-refractivity contribution in [1.29, 1.82) is 0 Å². The maximum absolute atomic E-state index is 12.5. The van der Waals surface area contributed by atoms with Crippen LogP contribution >= 0.6 is 0 Å². The molecule has 0 saturated carbocycles. The number of ketones is 1. The third-order valence-electron chi connectivity index (χ3n) is 3.96. The molecule has 2 rings (SSSR count). The first kappa shape index (κ1) is 16.2. The predicted molar refractivity (Wildman–Crippen MR) is 83.5 cm³/mol. The molecule has 5 nitrogen and oxygen atoms in total. The van der Waals surface area contributed by atoms with Gasteiger partial charge in [-0.15, -0.1) is 0 Å². The van der Waals surface area contributed by atoms with E-state index in [4.69, 9.17) is 0 Å². The van der Waals surface area contributed by atoms with Crippen molar-refractivity contribution < 1.29 is 14.4 Å². The molecule has 118 valence electrons. The molecule has 0 bridgehead atoms. The van der Waals surface area contributed by atoms with Crippen molar-refractivity contribution in [2.45, 2.75) is 39.2 Å². The molecule has 0 spiro atoms. The summed E-state index contributed by atoms with van der Waals surface area (Å²) >= 11 is 0. The molecule has 1 heterocycles. The van der Waals surface area contributed by atoms with Crippen molar-refractivity contribution in [1.82, 2.24) is 10.2 Å². The highest BCUT2D eigenvalue weighted by atomic mass is 16.2. The zero-order chi connectivity index (χ0) is 16.3. The first-order valence-electron chi connectivity index (χ1n) is 7.56. The van der Waals surface area contributed by atoms with Crippen LogP contribution in [0.3, 0.4) is 0 Å². The van der Waals surface area contributed by atoms with Crippen molar-refractivity contribution in [3.05, 3.63) is 35.9 Å². The third kappa shape index (κ3) is 3.35. The van der Waals surface area contributed by atoms with Gasteiger partial charge >= 0.3 is 6.03 Å². The van der Waals surface area contributed by atoms with Crippen LogP contribution in [0.25, 0.3) is 0 Å². The SMILES string of the molecule is CC(C)CC[C@]1(C)NC(=O)N(CC(=O)c2ccccc2)C1=O. The molecule has 1 aromatic carbocycles. The summed E-state index contributed by atoms with van der Waals surface area (Å²) in [6, 6.07) is 8.20. The standard InChI is InChI=1S/C17H22N2O3/c1-12(2)9-10-17(3)15(21)19(16(22)18-17)11-14(20)13-7-5-4-6-8-13/h4-8,12H,9-11H2,1-3H3,(H,18,22)/t17-/m0/s1. The zero-order valence-electron chi connectivity index (χ0n) is 13.3. The van der Waals surface area contributed by atoms with Gasteiger partial charge in [-0.3, -0.25) is 14.5 Å². The smallest absolute Gasteiger partial charge is 0.323 e. The molecule has 1 fully saturated rings. The number of carbonyl (C=O) groups is 3. The lowest BCUT2D eigenvalue weighted by atomic mass is 9.92. The molecule has 0 aliphatic carbocycles. The van der Waals surface area contributed by atoms with E-state index in [-0.39, 0.29) is 18.2 Å². The molecule has 5 heteroatoms. The Morgan fingerprint density at radius 3 is 2.45 bits per heavy atom. The van der Waals surface area contributed by atoms with Gasteiger partial charge in [0.25, 0.3) is 5.91 Å². The molecule has 1 aromatic rings. The fourth-order valence-corrected chi connectivity index (χ4v) is 2.50. The Bertz CT molecular complexity index is 583. The fourth-order valence-electron chi connectivity index (χ4n) is 2.50. The number of imide groups is 1. The summed E-state index contributed by atoms with van der Waals surface area (Å²) in [5.41, 5.74) is -0.405. The van der Waals surface area contributed by atoms with Crippen LogP contribution in [0.1, 0.15) is 44.0 Å². The molecule has 1 N–H and O–H groups in total. The number of benzene rings is 1. The summed E-state index contributed by atoms with van der Waals surface area (Å²) in [5, 5.41) is 2.73. The number of Topliss-reactive ketones (excluding diaryl/α,β-unsaturated/α-hetero) is 1. The molecular weight excluding hydrogens is 280 g/mol. The first-order chi connectivity index (χ1) is 10.3. The number of nitrogens with one attached hydrogen (secondary N) is 1. The monoisotopic (exact) mass is 302 g/mol. The average molecular weight is 302 g/mol. The van der Waals surface area contributed by atoms with Gasteiger partial charge in [0, 0.05) is 5.56 Å². The minimum absolute atomic E-state index is 0.216. The van der Waals surface area contributed by atoms with E-state index >= 15 is 0 Å². The Kier molecular flexibility index (Phi) is 4.64. The van der Waals surface area contributed by atoms with E-state index in [1.54, 1.807) is 31.2 Å². The second-order valence-electron chi connectivity index (χ2n) is 6.38. The van der Waals surface area contributed by atoms with Gasteiger partial charge in [0.1, 0.15) is 5.54 Å². The Morgan fingerprint density at radius 1 is 1.23 bits per heavy atom. The molecule has 1 aliphatic rings. The number of hydrogen-bond acceptors (Lipinski definition) is 3. The summed E-state index contributed by atoms with van der Waals surface area (Å²) in [4.78, 5) is 37.8. The highest BCUT2D eigenvalue weighted by molar-refractivity contribution is 6.10. The van der Waals surface area contributed by atoms with Gasteiger partial charge in [-0.05, 0) is 25.7 Å². The maximum atomic E-state index is 12.5. The molecule has 3 amide bonds. The zero-order valence-corrected chi connectivity index (χ0v) is 13.3. The van der Waals surface area contributed by atoms with Crippen molar-refractivity contribution in [3.63, 3.8) is 0 Å². The van der Waals surface area contributed by atoms with Gasteiger partial charge in [-0.2, -0.15) is 0 Å². The Morgan fingerprint density at radius 2 is 1.86 bits per heavy atom. The van der Waals surface area contributed by atoms with E-state index < -0.39 is 11.6 Å². The minimum Gasteiger partial charge on any atom is -0.323 e. The first-order valence-corrected chi connectivity index (χ1v) is 7.56. The van der Waals surface area contributed by atoms with Gasteiger partial charge < -0.3 is 5.32 Å². The van der Waals surface area contributed by atoms with Crippen molar-refractivity contribution >= 4 is 17.7 Å².